The summed E-state index contributed by atoms with van der Waals surface area (Å²) in [6.45, 7) is 2.23. The first-order chi connectivity index (χ1) is 25.5. The van der Waals surface area contributed by atoms with Gasteiger partial charge in [0.25, 0.3) is 0 Å². The summed E-state index contributed by atoms with van der Waals surface area (Å²) < 4.78 is 11.3. The molecule has 7 nitrogen and oxygen atoms in total. The fourth-order valence-corrected chi connectivity index (χ4v) is 7.18. The van der Waals surface area contributed by atoms with Crippen molar-refractivity contribution in [3.63, 3.8) is 0 Å². The standard InChI is InChI=1S/C45H40N4O3/c1-4-5-6-13-34-35-18-20-39(46-35)44(29-9-7-11-32(26-29)51-2)41-24-22-37(48-41)43(28-14-16-31(50)17-15-28)38-23-25-42(49-38)45(40-21-19-36(34)47-40)30-10-8-12-33(27-30)52-3/h7-12,14-27,46,49-50H,4-6,13H2,1-3H3. The van der Waals surface area contributed by atoms with E-state index in [1.165, 1.54) is 5.56 Å². The van der Waals surface area contributed by atoms with Crippen molar-refractivity contribution in [2.75, 3.05) is 14.2 Å². The molecule has 7 heteroatoms. The summed E-state index contributed by atoms with van der Waals surface area (Å²) >= 11 is 0. The van der Waals surface area contributed by atoms with E-state index >= 15 is 0 Å². The number of phenolic OH excluding ortho intramolecular Hbond substituents is 1. The van der Waals surface area contributed by atoms with Gasteiger partial charge in [0.1, 0.15) is 17.2 Å². The third-order valence-corrected chi connectivity index (χ3v) is 9.77. The van der Waals surface area contributed by atoms with Crippen LogP contribution in [0.15, 0.2) is 97.1 Å². The number of ether oxygens (including phenoxy) is 2. The molecule has 3 aromatic carbocycles. The maximum atomic E-state index is 10.2. The fraction of sp³-hybridized carbons (Fsp3) is 0.156. The van der Waals surface area contributed by atoms with Crippen LogP contribution in [0, 0.1) is 0 Å². The molecule has 52 heavy (non-hydrogen) atoms. The van der Waals surface area contributed by atoms with E-state index in [-0.39, 0.29) is 5.75 Å². The topological polar surface area (TPSA) is 96.1 Å². The number of nitrogens with one attached hydrogen (secondary N) is 2. The normalized spacial score (nSPS) is 12.0. The lowest BCUT2D eigenvalue weighted by Crippen LogP contribution is -1.93. The van der Waals surface area contributed by atoms with Crippen molar-refractivity contribution in [1.82, 2.24) is 19.9 Å². The van der Waals surface area contributed by atoms with Crippen molar-refractivity contribution in [1.29, 1.82) is 0 Å². The molecule has 8 rings (SSSR count). The number of benzene rings is 3. The van der Waals surface area contributed by atoms with Crippen molar-refractivity contribution in [3.05, 3.63) is 125 Å². The van der Waals surface area contributed by atoms with Crippen molar-refractivity contribution < 1.29 is 14.6 Å². The Morgan fingerprint density at radius 1 is 0.538 bits per heavy atom. The van der Waals surface area contributed by atoms with Crippen LogP contribution in [-0.4, -0.2) is 39.3 Å². The lowest BCUT2D eigenvalue weighted by atomic mass is 10.0. The number of nitrogens with zero attached hydrogens (tertiary/aromatic N) is 2. The molecule has 0 unspecified atom stereocenters. The van der Waals surface area contributed by atoms with E-state index in [1.807, 2.05) is 36.4 Å². The van der Waals surface area contributed by atoms with Crippen molar-refractivity contribution >= 4 is 46.4 Å². The molecule has 0 saturated heterocycles. The Morgan fingerprint density at radius 3 is 1.56 bits per heavy atom. The summed E-state index contributed by atoms with van der Waals surface area (Å²) in [5.74, 6) is 1.75. The zero-order chi connectivity index (χ0) is 35.6. The molecule has 5 heterocycles. The zero-order valence-corrected chi connectivity index (χ0v) is 29.5. The molecule has 0 saturated carbocycles. The molecule has 2 aliphatic heterocycles. The molecular formula is C45H40N4O3. The number of hydrogen-bond acceptors (Lipinski definition) is 5. The summed E-state index contributed by atoms with van der Waals surface area (Å²) in [7, 11) is 3.38. The molecule has 0 radical (unpaired) electrons. The smallest absolute Gasteiger partial charge is 0.119 e. The van der Waals surface area contributed by atoms with Gasteiger partial charge in [-0.1, -0.05) is 56.2 Å². The molecular weight excluding hydrogens is 645 g/mol. The number of hydrogen-bond donors (Lipinski definition) is 3. The predicted octanol–water partition coefficient (Wildman–Crippen LogP) is 11.1. The summed E-state index contributed by atoms with van der Waals surface area (Å²) in [6, 6.07) is 32.0. The molecule has 3 aromatic heterocycles. The molecule has 8 bridgehead atoms. The Kier molecular flexibility index (Phi) is 8.91. The maximum Gasteiger partial charge on any atom is 0.119 e. The first kappa shape index (κ1) is 32.8. The van der Waals surface area contributed by atoms with Gasteiger partial charge < -0.3 is 24.5 Å². The lowest BCUT2D eigenvalue weighted by molar-refractivity contribution is 0.415. The minimum atomic E-state index is 0.203. The Hall–Kier alpha value is -6.34. The maximum absolute atomic E-state index is 10.2. The SMILES string of the molecule is CCCCCc1c2nc(c(-c3cccc(OC)c3)c3ccc([nH]3)c(-c3ccc(O)cc3)c3nc(c(-c4cccc(OC)c4)c4ccc1[nH]4)C=C3)C=C2. The summed E-state index contributed by atoms with van der Waals surface area (Å²) in [6.07, 6.45) is 12.6. The lowest BCUT2D eigenvalue weighted by Gasteiger charge is -2.08. The van der Waals surface area contributed by atoms with Gasteiger partial charge in [-0.2, -0.15) is 0 Å². The largest absolute Gasteiger partial charge is 0.508 e. The van der Waals surface area contributed by atoms with E-state index in [0.717, 1.165) is 115 Å². The first-order valence-corrected chi connectivity index (χ1v) is 17.8. The molecule has 0 amide bonds. The highest BCUT2D eigenvalue weighted by Gasteiger charge is 2.19. The van der Waals surface area contributed by atoms with E-state index < -0.39 is 0 Å². The number of rotatable bonds is 9. The van der Waals surface area contributed by atoms with Crippen LogP contribution in [0.2, 0.25) is 0 Å². The highest BCUT2D eigenvalue weighted by atomic mass is 16.5. The van der Waals surface area contributed by atoms with Crippen LogP contribution >= 0.6 is 0 Å². The van der Waals surface area contributed by atoms with Crippen LogP contribution in [0.3, 0.4) is 0 Å². The summed E-state index contributed by atoms with van der Waals surface area (Å²) in [5.41, 5.74) is 14.2. The van der Waals surface area contributed by atoms with E-state index in [1.54, 1.807) is 26.4 Å². The van der Waals surface area contributed by atoms with E-state index in [0.29, 0.717) is 0 Å². The van der Waals surface area contributed by atoms with Gasteiger partial charge in [-0.05, 0) is 114 Å². The van der Waals surface area contributed by atoms with Crippen LogP contribution in [0.4, 0.5) is 0 Å². The minimum Gasteiger partial charge on any atom is -0.508 e. The van der Waals surface area contributed by atoms with Crippen LogP contribution in [0.5, 0.6) is 17.2 Å². The number of H-pyrrole nitrogens is 2. The van der Waals surface area contributed by atoms with Crippen LogP contribution in [-0.2, 0) is 6.42 Å². The van der Waals surface area contributed by atoms with Crippen molar-refractivity contribution in [2.45, 2.75) is 32.6 Å². The average molecular weight is 685 g/mol. The van der Waals surface area contributed by atoms with E-state index in [9.17, 15) is 5.11 Å². The van der Waals surface area contributed by atoms with Gasteiger partial charge in [-0.3, -0.25) is 0 Å². The second kappa shape index (κ2) is 14.1. The number of unbranched alkanes of at least 4 members (excludes halogenated alkanes) is 2. The number of aromatic nitrogens is 4. The number of aromatic amines is 2. The number of aromatic hydroxyl groups is 1. The second-order valence-electron chi connectivity index (χ2n) is 13.1. The number of phenols is 1. The highest BCUT2D eigenvalue weighted by Crippen LogP contribution is 2.38. The predicted molar refractivity (Wildman–Crippen MR) is 213 cm³/mol. The minimum absolute atomic E-state index is 0.203. The fourth-order valence-electron chi connectivity index (χ4n) is 7.18. The highest BCUT2D eigenvalue weighted by molar-refractivity contribution is 5.98. The summed E-state index contributed by atoms with van der Waals surface area (Å²) in [4.78, 5) is 18.3. The first-order valence-electron chi connectivity index (χ1n) is 17.8. The number of fused-ring (bicyclic) bond motifs is 8. The third kappa shape index (κ3) is 6.26. The Bertz CT molecular complexity index is 2480. The second-order valence-corrected chi connectivity index (χ2v) is 13.1. The average Bonchev–Trinajstić information content (AvgIpc) is 4.01. The summed E-state index contributed by atoms with van der Waals surface area (Å²) in [5, 5.41) is 10.2. The quantitative estimate of drug-likeness (QED) is 0.132. The Labute approximate surface area is 303 Å². The van der Waals surface area contributed by atoms with Crippen molar-refractivity contribution in [3.8, 4) is 50.6 Å². The molecule has 6 aromatic rings. The molecule has 2 aliphatic rings. The Balaban J connectivity index is 1.53. The molecule has 3 N–H and O–H groups in total. The number of methoxy groups -OCH3 is 2. The van der Waals surface area contributed by atoms with Gasteiger partial charge in [0.15, 0.2) is 0 Å². The van der Waals surface area contributed by atoms with Gasteiger partial charge >= 0.3 is 0 Å². The monoisotopic (exact) mass is 684 g/mol. The van der Waals surface area contributed by atoms with Crippen LogP contribution in [0.25, 0.3) is 79.8 Å². The molecule has 258 valence electrons. The molecule has 0 aliphatic carbocycles. The van der Waals surface area contributed by atoms with Gasteiger partial charge in [0.05, 0.1) is 37.0 Å². The van der Waals surface area contributed by atoms with Gasteiger partial charge in [-0.25, -0.2) is 9.97 Å². The van der Waals surface area contributed by atoms with Crippen LogP contribution < -0.4 is 9.47 Å². The molecule has 0 atom stereocenters. The van der Waals surface area contributed by atoms with E-state index in [4.69, 9.17) is 19.4 Å². The van der Waals surface area contributed by atoms with E-state index in [2.05, 4.69) is 89.7 Å². The molecule has 0 spiro atoms. The Morgan fingerprint density at radius 2 is 1.02 bits per heavy atom. The van der Waals surface area contributed by atoms with Gasteiger partial charge in [-0.15, -0.1) is 0 Å². The van der Waals surface area contributed by atoms with Gasteiger partial charge in [0, 0.05) is 44.3 Å². The van der Waals surface area contributed by atoms with Gasteiger partial charge in [0.2, 0.25) is 0 Å². The molecule has 0 fully saturated rings. The van der Waals surface area contributed by atoms with Crippen molar-refractivity contribution in [2.24, 2.45) is 0 Å². The number of aryl methyl sites for hydroxylation is 1. The zero-order valence-electron chi connectivity index (χ0n) is 29.5. The third-order valence-electron chi connectivity index (χ3n) is 9.77. The van der Waals surface area contributed by atoms with Crippen LogP contribution in [0.1, 0.15) is 54.5 Å².